The Labute approximate surface area is 196 Å². The van der Waals surface area contributed by atoms with Gasteiger partial charge in [-0.15, -0.1) is 0 Å². The number of thioether (sulfide) groups is 1. The summed E-state index contributed by atoms with van der Waals surface area (Å²) < 4.78 is 0. The molecule has 7 heteroatoms. The summed E-state index contributed by atoms with van der Waals surface area (Å²) in [5, 5.41) is 0.858. The third-order valence-electron chi connectivity index (χ3n) is 5.75. The summed E-state index contributed by atoms with van der Waals surface area (Å²) in [6.45, 7) is 6.58. The number of nitrogens with zero attached hydrogens (tertiary/aromatic N) is 2. The van der Waals surface area contributed by atoms with Crippen LogP contribution in [0.1, 0.15) is 37.5 Å². The molecule has 1 fully saturated rings. The molecule has 0 atom stereocenters. The highest BCUT2D eigenvalue weighted by Gasteiger charge is 2.35. The highest BCUT2D eigenvalue weighted by atomic mass is 35.5. The second-order valence-corrected chi connectivity index (χ2v) is 10.2. The second kappa shape index (κ2) is 8.05. The normalized spacial score (nSPS) is 19.2. The van der Waals surface area contributed by atoms with Crippen molar-refractivity contribution in [1.29, 1.82) is 0 Å². The molecule has 0 aromatic heterocycles. The fourth-order valence-corrected chi connectivity index (χ4v) is 5.02. The van der Waals surface area contributed by atoms with Gasteiger partial charge in [0.25, 0.3) is 11.1 Å². The molecule has 0 bridgehead atoms. The first kappa shape index (κ1) is 22.0. The zero-order valence-electron chi connectivity index (χ0n) is 17.7. The van der Waals surface area contributed by atoms with E-state index in [9.17, 15) is 9.59 Å². The van der Waals surface area contributed by atoms with Gasteiger partial charge in [0.05, 0.1) is 17.0 Å². The zero-order chi connectivity index (χ0) is 22.5. The Bertz CT molecular complexity index is 1150. The number of rotatable bonds is 3. The first-order valence-corrected chi connectivity index (χ1v) is 11.4. The van der Waals surface area contributed by atoms with E-state index in [4.69, 9.17) is 23.2 Å². The summed E-state index contributed by atoms with van der Waals surface area (Å²) in [6.07, 6.45) is 3.93. The minimum atomic E-state index is -0.316. The van der Waals surface area contributed by atoms with E-state index >= 15 is 0 Å². The number of carbonyl (C=O) groups is 2. The molecule has 2 aromatic rings. The van der Waals surface area contributed by atoms with Crippen molar-refractivity contribution in [3.05, 3.63) is 74.1 Å². The first-order chi connectivity index (χ1) is 14.6. The molecule has 0 saturated carbocycles. The summed E-state index contributed by atoms with van der Waals surface area (Å²) in [6, 6.07) is 11.0. The van der Waals surface area contributed by atoms with Crippen LogP contribution in [0.2, 0.25) is 10.0 Å². The minimum Gasteiger partial charge on any atom is -0.365 e. The fourth-order valence-electron chi connectivity index (χ4n) is 3.85. The molecule has 0 spiro atoms. The quantitative estimate of drug-likeness (QED) is 0.457. The Kier molecular flexibility index (Phi) is 5.71. The lowest BCUT2D eigenvalue weighted by Crippen LogP contribution is -2.42. The van der Waals surface area contributed by atoms with E-state index in [-0.39, 0.29) is 23.2 Å². The molecular weight excluding hydrogens is 451 g/mol. The van der Waals surface area contributed by atoms with Crippen molar-refractivity contribution in [2.45, 2.75) is 32.9 Å². The lowest BCUT2D eigenvalue weighted by Gasteiger charge is -2.40. The van der Waals surface area contributed by atoms with E-state index < -0.39 is 0 Å². The van der Waals surface area contributed by atoms with Crippen molar-refractivity contribution < 1.29 is 9.59 Å². The average molecular weight is 473 g/mol. The molecule has 4 nitrogen and oxygen atoms in total. The smallest absolute Gasteiger partial charge is 0.293 e. The lowest BCUT2D eigenvalue weighted by molar-refractivity contribution is -0.123. The third kappa shape index (κ3) is 4.14. The number of benzene rings is 2. The largest absolute Gasteiger partial charge is 0.365 e. The number of hydrogen-bond acceptors (Lipinski definition) is 4. The van der Waals surface area contributed by atoms with Crippen LogP contribution in [-0.2, 0) is 11.3 Å². The van der Waals surface area contributed by atoms with Crippen LogP contribution in [0.15, 0.2) is 47.4 Å². The predicted molar refractivity (Wildman–Crippen MR) is 131 cm³/mol. The fraction of sp³-hybridized carbons (Fsp3) is 0.250. The minimum absolute atomic E-state index is 0.119. The molecule has 160 valence electrons. The van der Waals surface area contributed by atoms with Crippen LogP contribution in [-0.4, -0.2) is 28.6 Å². The van der Waals surface area contributed by atoms with E-state index in [2.05, 4.69) is 31.7 Å². The molecule has 2 heterocycles. The van der Waals surface area contributed by atoms with Crippen molar-refractivity contribution in [3.63, 3.8) is 0 Å². The van der Waals surface area contributed by atoms with Gasteiger partial charge in [-0.3, -0.25) is 14.5 Å². The van der Waals surface area contributed by atoms with Gasteiger partial charge in [0.1, 0.15) is 0 Å². The monoisotopic (exact) mass is 472 g/mol. The summed E-state index contributed by atoms with van der Waals surface area (Å²) in [5.74, 6) is -0.316. The van der Waals surface area contributed by atoms with Crippen molar-refractivity contribution >= 4 is 63.4 Å². The number of fused-ring (bicyclic) bond motifs is 1. The Morgan fingerprint density at radius 2 is 1.77 bits per heavy atom. The Hall–Kier alpha value is -2.21. The van der Waals surface area contributed by atoms with Gasteiger partial charge in [-0.25, -0.2) is 0 Å². The summed E-state index contributed by atoms with van der Waals surface area (Å²) >= 11 is 13.4. The van der Waals surface area contributed by atoms with Gasteiger partial charge in [0.2, 0.25) is 0 Å². The van der Waals surface area contributed by atoms with Gasteiger partial charge in [-0.2, -0.15) is 0 Å². The number of carbonyl (C=O) groups excluding carboxylic acids is 2. The van der Waals surface area contributed by atoms with Crippen molar-refractivity contribution in [3.8, 4) is 0 Å². The molecule has 2 aliphatic heterocycles. The standard InChI is InChI=1S/C24H22Cl2N2O2S/c1-14-12-24(2,3)27(4)20-11-19(26)16(9-18(14)20)10-21-22(29)28(23(30)31-21)13-15-5-7-17(25)8-6-15/h5-12H,13H2,1-4H3/b21-10+. The van der Waals surface area contributed by atoms with Gasteiger partial charge in [-0.1, -0.05) is 41.4 Å². The molecule has 0 unspecified atom stereocenters. The average Bonchev–Trinajstić information content (AvgIpc) is 2.96. The Morgan fingerprint density at radius 3 is 2.45 bits per heavy atom. The topological polar surface area (TPSA) is 40.6 Å². The SMILES string of the molecule is CC1=CC(C)(C)N(C)c2cc(Cl)c(/C=C3/SC(=O)N(Cc4ccc(Cl)cc4)C3=O)cc21. The molecule has 31 heavy (non-hydrogen) atoms. The molecule has 2 aromatic carbocycles. The molecule has 0 aliphatic carbocycles. The summed E-state index contributed by atoms with van der Waals surface area (Å²) in [4.78, 5) is 29.2. The van der Waals surface area contributed by atoms with Crippen LogP contribution >= 0.6 is 35.0 Å². The maximum Gasteiger partial charge on any atom is 0.293 e. The number of hydrogen-bond donors (Lipinski definition) is 0. The number of amides is 2. The van der Waals surface area contributed by atoms with Crippen LogP contribution < -0.4 is 4.90 Å². The molecule has 1 saturated heterocycles. The highest BCUT2D eigenvalue weighted by molar-refractivity contribution is 8.18. The molecule has 2 aliphatic rings. The van der Waals surface area contributed by atoms with E-state index in [0.717, 1.165) is 39.7 Å². The summed E-state index contributed by atoms with van der Waals surface area (Å²) in [5.41, 5.74) is 4.71. The third-order valence-corrected chi connectivity index (χ3v) is 7.24. The second-order valence-electron chi connectivity index (χ2n) is 8.33. The van der Waals surface area contributed by atoms with E-state index in [0.29, 0.717) is 15.0 Å². The van der Waals surface area contributed by atoms with Gasteiger partial charge in [0.15, 0.2) is 0 Å². The predicted octanol–water partition coefficient (Wildman–Crippen LogP) is 6.86. The van der Waals surface area contributed by atoms with Gasteiger partial charge >= 0.3 is 0 Å². The van der Waals surface area contributed by atoms with Crippen LogP contribution in [0.5, 0.6) is 0 Å². The maximum absolute atomic E-state index is 12.9. The van der Waals surface area contributed by atoms with Crippen molar-refractivity contribution in [2.75, 3.05) is 11.9 Å². The molecule has 0 N–H and O–H groups in total. The van der Waals surface area contributed by atoms with Gasteiger partial charge in [0, 0.05) is 28.3 Å². The number of halogens is 2. The molecular formula is C24H22Cl2N2O2S. The van der Waals surface area contributed by atoms with E-state index in [1.807, 2.05) is 31.3 Å². The maximum atomic E-state index is 12.9. The van der Waals surface area contributed by atoms with Gasteiger partial charge in [-0.05, 0) is 79.6 Å². The Morgan fingerprint density at radius 1 is 1.10 bits per heavy atom. The van der Waals surface area contributed by atoms with E-state index in [1.165, 1.54) is 4.90 Å². The number of imide groups is 1. The van der Waals surface area contributed by atoms with Crippen molar-refractivity contribution in [1.82, 2.24) is 4.90 Å². The van der Waals surface area contributed by atoms with Crippen LogP contribution in [0, 0.1) is 0 Å². The van der Waals surface area contributed by atoms with E-state index in [1.54, 1.807) is 18.2 Å². The molecule has 2 amide bonds. The van der Waals surface area contributed by atoms with Gasteiger partial charge < -0.3 is 4.90 Å². The first-order valence-electron chi connectivity index (χ1n) is 9.84. The van der Waals surface area contributed by atoms with Crippen LogP contribution in [0.3, 0.4) is 0 Å². The highest BCUT2D eigenvalue weighted by Crippen LogP contribution is 2.42. The lowest BCUT2D eigenvalue weighted by atomic mass is 9.88. The molecule has 4 rings (SSSR count). The Balaban J connectivity index is 1.65. The number of likely N-dealkylation sites (N-methyl/N-ethyl adjacent to an activating group) is 1. The number of anilines is 1. The van der Waals surface area contributed by atoms with Crippen LogP contribution in [0.4, 0.5) is 10.5 Å². The number of allylic oxidation sites excluding steroid dienone is 1. The summed E-state index contributed by atoms with van der Waals surface area (Å²) in [7, 11) is 2.04. The zero-order valence-corrected chi connectivity index (χ0v) is 20.0. The van der Waals surface area contributed by atoms with Crippen LogP contribution in [0.25, 0.3) is 11.6 Å². The molecule has 0 radical (unpaired) electrons. The van der Waals surface area contributed by atoms with Crippen molar-refractivity contribution in [2.24, 2.45) is 0 Å².